The Morgan fingerprint density at radius 1 is 0.889 bits per heavy atom. The fraction of sp³-hybridized carbons (Fsp3) is 0.133. The first-order valence-electron chi connectivity index (χ1n) is 5.89. The van der Waals surface area contributed by atoms with Crippen LogP contribution < -0.4 is 0 Å². The third-order valence-electron chi connectivity index (χ3n) is 3.13. The Morgan fingerprint density at radius 2 is 1.61 bits per heavy atom. The van der Waals surface area contributed by atoms with Gasteiger partial charge in [-0.15, -0.1) is 0 Å². The Morgan fingerprint density at radius 3 is 2.44 bits per heavy atom. The fourth-order valence-corrected chi connectivity index (χ4v) is 2.15. The summed E-state index contributed by atoms with van der Waals surface area (Å²) in [4.78, 5) is 0. The molecule has 0 radical (unpaired) electrons. The van der Waals surface area contributed by atoms with Crippen LogP contribution in [0.15, 0.2) is 52.7 Å². The summed E-state index contributed by atoms with van der Waals surface area (Å²) in [5, 5.41) is 17.5. The van der Waals surface area contributed by atoms with Gasteiger partial charge < -0.3 is 0 Å². The van der Waals surface area contributed by atoms with E-state index in [2.05, 4.69) is 22.4 Å². The zero-order valence-electron chi connectivity index (χ0n) is 9.80. The molecule has 0 fully saturated rings. The molecule has 3 rings (SSSR count). The molecule has 3 nitrogen and oxygen atoms in total. The van der Waals surface area contributed by atoms with E-state index in [-0.39, 0.29) is 0 Å². The molecule has 0 bridgehead atoms. The lowest BCUT2D eigenvalue weighted by Gasteiger charge is -2.10. The van der Waals surface area contributed by atoms with E-state index in [4.69, 9.17) is 5.26 Å². The summed E-state index contributed by atoms with van der Waals surface area (Å²) in [7, 11) is 0. The maximum absolute atomic E-state index is 8.92. The summed E-state index contributed by atoms with van der Waals surface area (Å²) in [6.45, 7) is 0. The predicted octanol–water partition coefficient (Wildman–Crippen LogP) is 4.07. The van der Waals surface area contributed by atoms with Crippen LogP contribution in [0.25, 0.3) is 0 Å². The van der Waals surface area contributed by atoms with Crippen LogP contribution >= 0.6 is 0 Å². The lowest BCUT2D eigenvalue weighted by molar-refractivity contribution is 0.935. The molecule has 0 spiro atoms. The molecule has 86 valence electrons. The second-order valence-corrected chi connectivity index (χ2v) is 4.28. The number of hydrogen-bond acceptors (Lipinski definition) is 3. The molecule has 18 heavy (non-hydrogen) atoms. The van der Waals surface area contributed by atoms with Gasteiger partial charge in [-0.1, -0.05) is 18.2 Å². The van der Waals surface area contributed by atoms with Crippen molar-refractivity contribution in [2.24, 2.45) is 10.2 Å². The van der Waals surface area contributed by atoms with Crippen LogP contribution in [0.4, 0.5) is 11.4 Å². The number of benzene rings is 2. The summed E-state index contributed by atoms with van der Waals surface area (Å²) < 4.78 is 0. The third-order valence-corrected chi connectivity index (χ3v) is 3.13. The van der Waals surface area contributed by atoms with Crippen molar-refractivity contribution >= 4 is 11.4 Å². The van der Waals surface area contributed by atoms with Crippen molar-refractivity contribution in [3.63, 3.8) is 0 Å². The van der Waals surface area contributed by atoms with Gasteiger partial charge in [0.15, 0.2) is 0 Å². The molecule has 0 aliphatic carbocycles. The summed E-state index contributed by atoms with van der Waals surface area (Å²) in [5.41, 5.74) is 4.77. The fourth-order valence-electron chi connectivity index (χ4n) is 2.15. The highest BCUT2D eigenvalue weighted by molar-refractivity contribution is 5.54. The van der Waals surface area contributed by atoms with Crippen LogP contribution in [0.3, 0.4) is 0 Å². The maximum Gasteiger partial charge on any atom is 0.0991 e. The Kier molecular flexibility index (Phi) is 2.62. The van der Waals surface area contributed by atoms with Crippen LogP contribution in [-0.4, -0.2) is 0 Å². The SMILES string of the molecule is N#Cc1ccc2c(c1)CCc1ccccc1N=N2. The number of nitrogens with zero attached hydrogens (tertiary/aromatic N) is 3. The molecule has 2 aromatic carbocycles. The molecule has 0 N–H and O–H groups in total. The average Bonchev–Trinajstić information content (AvgIpc) is 2.41. The van der Waals surface area contributed by atoms with Crippen molar-refractivity contribution < 1.29 is 0 Å². The Labute approximate surface area is 105 Å². The standard InChI is InChI=1S/C15H11N3/c16-10-11-5-8-15-13(9-11)7-6-12-3-1-2-4-14(12)17-18-15/h1-5,8-9H,6-7H2. The first-order chi connectivity index (χ1) is 8.86. The molecule has 0 amide bonds. The van der Waals surface area contributed by atoms with Gasteiger partial charge in [0.2, 0.25) is 0 Å². The van der Waals surface area contributed by atoms with Gasteiger partial charge in [-0.2, -0.15) is 15.5 Å². The van der Waals surface area contributed by atoms with Gasteiger partial charge in [0.25, 0.3) is 0 Å². The number of nitriles is 1. The van der Waals surface area contributed by atoms with Crippen molar-refractivity contribution in [2.45, 2.75) is 12.8 Å². The van der Waals surface area contributed by atoms with Crippen molar-refractivity contribution in [1.82, 2.24) is 0 Å². The van der Waals surface area contributed by atoms with Gasteiger partial charge in [0.1, 0.15) is 0 Å². The smallest absolute Gasteiger partial charge is 0.0991 e. The molecule has 0 unspecified atom stereocenters. The van der Waals surface area contributed by atoms with E-state index in [9.17, 15) is 0 Å². The number of fused-ring (bicyclic) bond motifs is 2. The lowest BCUT2D eigenvalue weighted by atomic mass is 10.00. The van der Waals surface area contributed by atoms with Crippen LogP contribution in [-0.2, 0) is 12.8 Å². The Balaban J connectivity index is 2.08. The van der Waals surface area contributed by atoms with Crippen LogP contribution in [0.5, 0.6) is 0 Å². The number of azo groups is 1. The molecule has 1 aliphatic rings. The highest BCUT2D eigenvalue weighted by atomic mass is 15.1. The normalized spacial score (nSPS) is 12.8. The summed E-state index contributed by atoms with van der Waals surface area (Å²) in [5.74, 6) is 0. The molecule has 0 aromatic heterocycles. The number of aryl methyl sites for hydroxylation is 2. The highest BCUT2D eigenvalue weighted by Gasteiger charge is 2.09. The zero-order valence-corrected chi connectivity index (χ0v) is 9.80. The largest absolute Gasteiger partial charge is 0.192 e. The van der Waals surface area contributed by atoms with Gasteiger partial charge in [-0.05, 0) is 48.2 Å². The van der Waals surface area contributed by atoms with Crippen molar-refractivity contribution in [1.29, 1.82) is 5.26 Å². The van der Waals surface area contributed by atoms with E-state index in [1.807, 2.05) is 30.3 Å². The van der Waals surface area contributed by atoms with Crippen molar-refractivity contribution in [3.8, 4) is 6.07 Å². The summed E-state index contributed by atoms with van der Waals surface area (Å²) in [6.07, 6.45) is 1.82. The molecular formula is C15H11N3. The summed E-state index contributed by atoms with van der Waals surface area (Å²) in [6, 6.07) is 15.8. The molecule has 0 saturated heterocycles. The molecule has 2 aromatic rings. The van der Waals surface area contributed by atoms with Crippen LogP contribution in [0, 0.1) is 11.3 Å². The second kappa shape index (κ2) is 4.42. The zero-order chi connectivity index (χ0) is 12.4. The third kappa shape index (κ3) is 1.89. The van der Waals surface area contributed by atoms with E-state index in [1.54, 1.807) is 6.07 Å². The first kappa shape index (κ1) is 10.7. The highest BCUT2D eigenvalue weighted by Crippen LogP contribution is 2.30. The van der Waals surface area contributed by atoms with E-state index in [1.165, 1.54) is 5.56 Å². The lowest BCUT2D eigenvalue weighted by Crippen LogP contribution is -1.95. The minimum absolute atomic E-state index is 0.679. The number of rotatable bonds is 0. The van der Waals surface area contributed by atoms with Gasteiger partial charge in [-0.25, -0.2) is 0 Å². The maximum atomic E-state index is 8.92. The van der Waals surface area contributed by atoms with Gasteiger partial charge >= 0.3 is 0 Å². The monoisotopic (exact) mass is 233 g/mol. The van der Waals surface area contributed by atoms with Crippen molar-refractivity contribution in [2.75, 3.05) is 0 Å². The van der Waals surface area contributed by atoms with E-state index < -0.39 is 0 Å². The molecule has 0 saturated carbocycles. The topological polar surface area (TPSA) is 48.5 Å². The second-order valence-electron chi connectivity index (χ2n) is 4.28. The minimum Gasteiger partial charge on any atom is -0.192 e. The summed E-state index contributed by atoms with van der Waals surface area (Å²) >= 11 is 0. The average molecular weight is 233 g/mol. The quantitative estimate of drug-likeness (QED) is 0.676. The van der Waals surface area contributed by atoms with Crippen LogP contribution in [0.1, 0.15) is 16.7 Å². The Hall–Kier alpha value is -2.47. The molecule has 1 aliphatic heterocycles. The van der Waals surface area contributed by atoms with Gasteiger partial charge in [0.05, 0.1) is 23.0 Å². The van der Waals surface area contributed by atoms with Crippen molar-refractivity contribution in [3.05, 3.63) is 59.2 Å². The minimum atomic E-state index is 0.679. The molecule has 3 heteroatoms. The number of hydrogen-bond donors (Lipinski definition) is 0. The molecular weight excluding hydrogens is 222 g/mol. The van der Waals surface area contributed by atoms with E-state index in [0.29, 0.717) is 5.56 Å². The van der Waals surface area contributed by atoms with Gasteiger partial charge in [-0.3, -0.25) is 0 Å². The predicted molar refractivity (Wildman–Crippen MR) is 69.2 cm³/mol. The molecule has 0 atom stereocenters. The van der Waals surface area contributed by atoms with E-state index >= 15 is 0 Å². The first-order valence-corrected chi connectivity index (χ1v) is 5.89. The Bertz CT molecular complexity index is 666. The van der Waals surface area contributed by atoms with Crippen LogP contribution in [0.2, 0.25) is 0 Å². The molecule has 1 heterocycles. The van der Waals surface area contributed by atoms with Gasteiger partial charge in [0, 0.05) is 0 Å². The van der Waals surface area contributed by atoms with E-state index in [0.717, 1.165) is 29.8 Å².